The molecule has 6 nitrogen and oxygen atoms in total. The number of anilines is 2. The monoisotopic (exact) mass is 369 g/mol. The molecule has 0 saturated carbocycles. The predicted molar refractivity (Wildman–Crippen MR) is 102 cm³/mol. The van der Waals surface area contributed by atoms with Crippen LogP contribution in [0.15, 0.2) is 46.2 Å². The maximum absolute atomic E-state index is 12.4. The van der Waals surface area contributed by atoms with Crippen molar-refractivity contribution in [1.82, 2.24) is 4.98 Å². The van der Waals surface area contributed by atoms with Crippen LogP contribution in [-0.4, -0.2) is 16.8 Å². The number of aromatic nitrogens is 1. The molecule has 7 heteroatoms. The number of thiazole rings is 1. The Balaban J connectivity index is 1.70. The van der Waals surface area contributed by atoms with Gasteiger partial charge in [0.2, 0.25) is 5.91 Å². The van der Waals surface area contributed by atoms with Crippen LogP contribution in [0.2, 0.25) is 0 Å². The number of nitrogens with one attached hydrogen (secondary N) is 2. The molecule has 1 aromatic carbocycles. The first-order chi connectivity index (χ1) is 12.4. The van der Waals surface area contributed by atoms with Gasteiger partial charge in [-0.05, 0) is 37.3 Å². The zero-order valence-electron chi connectivity index (χ0n) is 14.7. The van der Waals surface area contributed by atoms with E-state index in [0.29, 0.717) is 27.8 Å². The van der Waals surface area contributed by atoms with Gasteiger partial charge in [-0.2, -0.15) is 0 Å². The number of carbonyl (C=O) groups excluding carboxylic acids is 2. The highest BCUT2D eigenvalue weighted by Gasteiger charge is 2.14. The van der Waals surface area contributed by atoms with E-state index >= 15 is 0 Å². The number of hydrogen-bond acceptors (Lipinski definition) is 5. The Morgan fingerprint density at radius 3 is 2.50 bits per heavy atom. The summed E-state index contributed by atoms with van der Waals surface area (Å²) >= 11 is 1.35. The molecule has 0 aliphatic heterocycles. The Kier molecular flexibility index (Phi) is 5.18. The second-order valence-corrected chi connectivity index (χ2v) is 6.99. The van der Waals surface area contributed by atoms with E-state index in [1.165, 1.54) is 11.3 Å². The smallest absolute Gasteiger partial charge is 0.275 e. The summed E-state index contributed by atoms with van der Waals surface area (Å²) < 4.78 is 5.53. The second kappa shape index (κ2) is 7.53. The number of aryl methyl sites for hydroxylation is 1. The number of amides is 2. The zero-order valence-corrected chi connectivity index (χ0v) is 15.5. The van der Waals surface area contributed by atoms with Crippen LogP contribution in [0.5, 0.6) is 0 Å². The van der Waals surface area contributed by atoms with E-state index in [0.717, 1.165) is 5.76 Å². The van der Waals surface area contributed by atoms with E-state index in [1.54, 1.807) is 29.6 Å². The molecule has 0 radical (unpaired) electrons. The predicted octanol–water partition coefficient (Wildman–Crippen LogP) is 4.56. The van der Waals surface area contributed by atoms with Crippen LogP contribution in [0.4, 0.5) is 11.4 Å². The van der Waals surface area contributed by atoms with Crippen molar-refractivity contribution in [2.24, 2.45) is 5.92 Å². The molecule has 0 fully saturated rings. The Bertz CT molecular complexity index is 943. The molecule has 26 heavy (non-hydrogen) atoms. The molecule has 3 rings (SSSR count). The summed E-state index contributed by atoms with van der Waals surface area (Å²) in [4.78, 5) is 28.5. The maximum Gasteiger partial charge on any atom is 0.275 e. The van der Waals surface area contributed by atoms with Crippen molar-refractivity contribution in [3.63, 3.8) is 0 Å². The fourth-order valence-corrected chi connectivity index (χ4v) is 2.96. The lowest BCUT2D eigenvalue weighted by atomic mass is 10.2. The first-order valence-corrected chi connectivity index (χ1v) is 9.05. The summed E-state index contributed by atoms with van der Waals surface area (Å²) in [5.41, 5.74) is 1.53. The number of rotatable bonds is 5. The number of hydrogen-bond donors (Lipinski definition) is 2. The van der Waals surface area contributed by atoms with Gasteiger partial charge in [0.1, 0.15) is 11.5 Å². The lowest BCUT2D eigenvalue weighted by molar-refractivity contribution is -0.118. The molecule has 2 amide bonds. The van der Waals surface area contributed by atoms with Gasteiger partial charge >= 0.3 is 0 Å². The van der Waals surface area contributed by atoms with Crippen molar-refractivity contribution in [1.29, 1.82) is 0 Å². The molecular formula is C19H19N3O3S. The quantitative estimate of drug-likeness (QED) is 0.690. The number of furan rings is 1. The minimum atomic E-state index is -0.317. The fourth-order valence-electron chi connectivity index (χ4n) is 2.20. The third-order valence-corrected chi connectivity index (χ3v) is 4.46. The highest BCUT2D eigenvalue weighted by Crippen LogP contribution is 2.26. The SMILES string of the molecule is Cc1ccc(-c2nc(C(=O)Nc3cccc(NC(=O)C(C)C)c3)cs2)o1. The molecular weight excluding hydrogens is 350 g/mol. The zero-order chi connectivity index (χ0) is 18.7. The molecule has 2 aromatic heterocycles. The molecule has 0 bridgehead atoms. The van der Waals surface area contributed by atoms with Gasteiger partial charge in [-0.1, -0.05) is 19.9 Å². The Labute approximate surface area is 155 Å². The molecule has 0 spiro atoms. The van der Waals surface area contributed by atoms with Crippen LogP contribution < -0.4 is 10.6 Å². The Morgan fingerprint density at radius 2 is 1.85 bits per heavy atom. The first-order valence-electron chi connectivity index (χ1n) is 8.17. The van der Waals surface area contributed by atoms with Crippen molar-refractivity contribution in [2.75, 3.05) is 10.6 Å². The Morgan fingerprint density at radius 1 is 1.12 bits per heavy atom. The van der Waals surface area contributed by atoms with Gasteiger partial charge in [0.15, 0.2) is 10.8 Å². The lowest BCUT2D eigenvalue weighted by Gasteiger charge is -2.09. The summed E-state index contributed by atoms with van der Waals surface area (Å²) in [5, 5.41) is 7.94. The summed E-state index contributed by atoms with van der Waals surface area (Å²) in [6, 6.07) is 10.7. The van der Waals surface area contributed by atoms with Crippen LogP contribution >= 0.6 is 11.3 Å². The standard InChI is InChI=1S/C19H19N3O3S/c1-11(2)17(23)20-13-5-4-6-14(9-13)21-18(24)15-10-26-19(22-15)16-8-7-12(3)25-16/h4-11H,1-3H3,(H,20,23)(H,21,24). The van der Waals surface area contributed by atoms with Crippen LogP contribution in [0.3, 0.4) is 0 Å². The molecule has 2 heterocycles. The van der Waals surface area contributed by atoms with Crippen LogP contribution in [0, 0.1) is 12.8 Å². The second-order valence-electron chi connectivity index (χ2n) is 6.13. The fraction of sp³-hybridized carbons (Fsp3) is 0.211. The largest absolute Gasteiger partial charge is 0.459 e. The summed E-state index contributed by atoms with van der Waals surface area (Å²) in [5.74, 6) is 0.924. The van der Waals surface area contributed by atoms with Gasteiger partial charge in [-0.25, -0.2) is 4.98 Å². The minimum absolute atomic E-state index is 0.0774. The molecule has 2 N–H and O–H groups in total. The third kappa shape index (κ3) is 4.18. The van der Waals surface area contributed by atoms with Crippen LogP contribution in [0.25, 0.3) is 10.8 Å². The molecule has 0 saturated heterocycles. The molecule has 134 valence electrons. The van der Waals surface area contributed by atoms with Gasteiger partial charge < -0.3 is 15.1 Å². The average Bonchev–Trinajstić information content (AvgIpc) is 3.24. The van der Waals surface area contributed by atoms with E-state index in [-0.39, 0.29) is 17.7 Å². The molecule has 3 aromatic rings. The van der Waals surface area contributed by atoms with Crippen LogP contribution in [-0.2, 0) is 4.79 Å². The molecule has 0 atom stereocenters. The van der Waals surface area contributed by atoms with E-state index in [9.17, 15) is 9.59 Å². The van der Waals surface area contributed by atoms with Gasteiger partial charge in [-0.15, -0.1) is 11.3 Å². The van der Waals surface area contributed by atoms with Gasteiger partial charge in [0, 0.05) is 22.7 Å². The first kappa shape index (κ1) is 17.9. The summed E-state index contributed by atoms with van der Waals surface area (Å²) in [6.45, 7) is 5.50. The normalized spacial score (nSPS) is 10.8. The highest BCUT2D eigenvalue weighted by molar-refractivity contribution is 7.13. The lowest BCUT2D eigenvalue weighted by Crippen LogP contribution is -2.18. The van der Waals surface area contributed by atoms with Crippen molar-refractivity contribution in [3.8, 4) is 10.8 Å². The summed E-state index contributed by atoms with van der Waals surface area (Å²) in [6.07, 6.45) is 0. The van der Waals surface area contributed by atoms with Crippen molar-refractivity contribution in [3.05, 3.63) is 53.2 Å². The van der Waals surface area contributed by atoms with E-state index in [2.05, 4.69) is 15.6 Å². The van der Waals surface area contributed by atoms with Crippen molar-refractivity contribution < 1.29 is 14.0 Å². The number of benzene rings is 1. The topological polar surface area (TPSA) is 84.2 Å². The summed E-state index contributed by atoms with van der Waals surface area (Å²) in [7, 11) is 0. The number of nitrogens with zero attached hydrogens (tertiary/aromatic N) is 1. The van der Waals surface area contributed by atoms with Crippen molar-refractivity contribution >= 4 is 34.5 Å². The van der Waals surface area contributed by atoms with E-state index < -0.39 is 0 Å². The van der Waals surface area contributed by atoms with Gasteiger partial charge in [-0.3, -0.25) is 9.59 Å². The molecule has 0 aliphatic rings. The Hall–Kier alpha value is -2.93. The van der Waals surface area contributed by atoms with Crippen LogP contribution in [0.1, 0.15) is 30.1 Å². The molecule has 0 aliphatic carbocycles. The maximum atomic E-state index is 12.4. The number of carbonyl (C=O) groups is 2. The average molecular weight is 369 g/mol. The molecule has 0 unspecified atom stereocenters. The van der Waals surface area contributed by atoms with Crippen molar-refractivity contribution in [2.45, 2.75) is 20.8 Å². The van der Waals surface area contributed by atoms with E-state index in [1.807, 2.05) is 32.9 Å². The highest BCUT2D eigenvalue weighted by atomic mass is 32.1. The minimum Gasteiger partial charge on any atom is -0.459 e. The van der Waals surface area contributed by atoms with E-state index in [4.69, 9.17) is 4.42 Å². The third-order valence-electron chi connectivity index (χ3n) is 3.60. The van der Waals surface area contributed by atoms with Gasteiger partial charge in [0.25, 0.3) is 5.91 Å². The van der Waals surface area contributed by atoms with Gasteiger partial charge in [0.05, 0.1) is 0 Å².